The molecule has 1 N–H and O–H groups in total. The van der Waals surface area contributed by atoms with E-state index in [9.17, 15) is 4.39 Å². The van der Waals surface area contributed by atoms with Crippen molar-refractivity contribution in [1.29, 1.82) is 0 Å². The van der Waals surface area contributed by atoms with Crippen molar-refractivity contribution in [3.63, 3.8) is 0 Å². The van der Waals surface area contributed by atoms with Gasteiger partial charge in [-0.3, -0.25) is 0 Å². The Morgan fingerprint density at radius 2 is 2.28 bits per heavy atom. The summed E-state index contributed by atoms with van der Waals surface area (Å²) in [5.41, 5.74) is 1.64. The van der Waals surface area contributed by atoms with Gasteiger partial charge in [-0.15, -0.1) is 0 Å². The zero-order valence-corrected chi connectivity index (χ0v) is 12.2. The van der Waals surface area contributed by atoms with Gasteiger partial charge in [-0.05, 0) is 43.5 Å². The highest BCUT2D eigenvalue weighted by Crippen LogP contribution is 2.24. The molecule has 1 aliphatic heterocycles. The van der Waals surface area contributed by atoms with Crippen molar-refractivity contribution in [3.05, 3.63) is 33.5 Å². The lowest BCUT2D eigenvalue weighted by atomic mass is 9.97. The number of hydrogen-bond donors (Lipinski definition) is 1. The second-order valence-corrected chi connectivity index (χ2v) is 5.68. The van der Waals surface area contributed by atoms with Crippen LogP contribution >= 0.6 is 15.9 Å². The van der Waals surface area contributed by atoms with E-state index in [1.54, 1.807) is 13.2 Å². The summed E-state index contributed by atoms with van der Waals surface area (Å²) in [6.45, 7) is 1.38. The van der Waals surface area contributed by atoms with Gasteiger partial charge in [-0.1, -0.05) is 22.4 Å². The first-order valence-electron chi connectivity index (χ1n) is 6.40. The van der Waals surface area contributed by atoms with Crippen molar-refractivity contribution in [2.75, 3.05) is 13.7 Å². The molecular formula is C14H19BrFNO. The number of nitrogens with one attached hydrogen (secondary N) is 1. The van der Waals surface area contributed by atoms with Crippen molar-refractivity contribution in [1.82, 2.24) is 5.32 Å². The summed E-state index contributed by atoms with van der Waals surface area (Å²) in [6.07, 6.45) is 4.59. The highest BCUT2D eigenvalue weighted by molar-refractivity contribution is 9.10. The summed E-state index contributed by atoms with van der Waals surface area (Å²) < 4.78 is 19.7. The number of methoxy groups -OCH3 is 1. The molecule has 0 amide bonds. The number of ether oxygens (including phenoxy) is 1. The molecule has 0 saturated carbocycles. The molecule has 1 aromatic rings. The lowest BCUT2D eigenvalue weighted by Gasteiger charge is -2.23. The molecule has 2 rings (SSSR count). The van der Waals surface area contributed by atoms with Crippen LogP contribution in [0, 0.1) is 5.82 Å². The minimum absolute atomic E-state index is 0.183. The van der Waals surface area contributed by atoms with E-state index in [4.69, 9.17) is 4.74 Å². The van der Waals surface area contributed by atoms with E-state index in [2.05, 4.69) is 21.2 Å². The van der Waals surface area contributed by atoms with Gasteiger partial charge < -0.3 is 10.1 Å². The molecule has 0 aliphatic carbocycles. The molecule has 1 unspecified atom stereocenters. The van der Waals surface area contributed by atoms with Gasteiger partial charge in [0, 0.05) is 23.2 Å². The fourth-order valence-electron chi connectivity index (χ4n) is 2.44. The van der Waals surface area contributed by atoms with E-state index in [0.29, 0.717) is 18.2 Å². The average Bonchev–Trinajstić information content (AvgIpc) is 2.35. The van der Waals surface area contributed by atoms with E-state index in [1.165, 1.54) is 19.3 Å². The van der Waals surface area contributed by atoms with Crippen LogP contribution in [0.2, 0.25) is 0 Å². The third-order valence-electron chi connectivity index (χ3n) is 3.38. The first kappa shape index (κ1) is 14.0. The van der Waals surface area contributed by atoms with Crippen LogP contribution in [0.15, 0.2) is 16.6 Å². The molecule has 1 heterocycles. The van der Waals surface area contributed by atoms with Gasteiger partial charge in [-0.2, -0.15) is 0 Å². The molecular weight excluding hydrogens is 297 g/mol. The number of hydrogen-bond acceptors (Lipinski definition) is 2. The molecule has 1 fully saturated rings. The molecule has 0 aromatic heterocycles. The zero-order chi connectivity index (χ0) is 13.0. The molecule has 1 atom stereocenters. The Kier molecular flexibility index (Phi) is 5.15. The summed E-state index contributed by atoms with van der Waals surface area (Å²) in [5.74, 6) is -0.183. The van der Waals surface area contributed by atoms with Gasteiger partial charge in [0.1, 0.15) is 5.82 Å². The topological polar surface area (TPSA) is 21.3 Å². The van der Waals surface area contributed by atoms with Gasteiger partial charge in [0.25, 0.3) is 0 Å². The molecule has 1 saturated heterocycles. The minimum Gasteiger partial charge on any atom is -0.380 e. The molecule has 0 spiro atoms. The molecule has 0 radical (unpaired) electrons. The molecule has 1 aromatic carbocycles. The summed E-state index contributed by atoms with van der Waals surface area (Å²) in [5, 5.41) is 3.48. The predicted octanol–water partition coefficient (Wildman–Crippen LogP) is 3.42. The van der Waals surface area contributed by atoms with Gasteiger partial charge in [0.05, 0.1) is 6.61 Å². The van der Waals surface area contributed by atoms with Crippen LogP contribution in [-0.2, 0) is 17.8 Å². The largest absolute Gasteiger partial charge is 0.380 e. The highest BCUT2D eigenvalue weighted by atomic mass is 79.9. The standard InChI is InChI=1S/C14H19BrFNO/c1-18-9-12-13(15)7-10(8-14(12)16)6-11-4-2-3-5-17-11/h7-8,11,17H,2-6,9H2,1H3. The van der Waals surface area contributed by atoms with Crippen LogP contribution in [0.25, 0.3) is 0 Å². The van der Waals surface area contributed by atoms with Gasteiger partial charge in [0.15, 0.2) is 0 Å². The maximum Gasteiger partial charge on any atom is 0.130 e. The molecule has 0 bridgehead atoms. The quantitative estimate of drug-likeness (QED) is 0.919. The summed E-state index contributed by atoms with van der Waals surface area (Å²) in [4.78, 5) is 0. The first-order valence-corrected chi connectivity index (χ1v) is 7.19. The van der Waals surface area contributed by atoms with Crippen molar-refractivity contribution in [3.8, 4) is 0 Å². The Morgan fingerprint density at radius 1 is 1.44 bits per heavy atom. The second-order valence-electron chi connectivity index (χ2n) is 4.82. The fourth-order valence-corrected chi connectivity index (χ4v) is 3.04. The van der Waals surface area contributed by atoms with Crippen LogP contribution in [0.3, 0.4) is 0 Å². The number of halogens is 2. The SMILES string of the molecule is COCc1c(F)cc(CC2CCCCN2)cc1Br. The Balaban J connectivity index is 2.09. The Morgan fingerprint density at radius 3 is 2.89 bits per heavy atom. The molecule has 1 aliphatic rings. The van der Waals surface area contributed by atoms with Gasteiger partial charge in [-0.25, -0.2) is 4.39 Å². The van der Waals surface area contributed by atoms with Crippen LogP contribution in [-0.4, -0.2) is 19.7 Å². The van der Waals surface area contributed by atoms with Crippen LogP contribution in [0.5, 0.6) is 0 Å². The van der Waals surface area contributed by atoms with Crippen LogP contribution in [0.4, 0.5) is 4.39 Å². The molecule has 100 valence electrons. The van der Waals surface area contributed by atoms with E-state index in [-0.39, 0.29) is 5.82 Å². The van der Waals surface area contributed by atoms with Crippen molar-refractivity contribution >= 4 is 15.9 Å². The van der Waals surface area contributed by atoms with E-state index in [1.807, 2.05) is 6.07 Å². The second kappa shape index (κ2) is 6.64. The van der Waals surface area contributed by atoms with Gasteiger partial charge >= 0.3 is 0 Å². The predicted molar refractivity (Wildman–Crippen MR) is 74.2 cm³/mol. The number of piperidine rings is 1. The smallest absolute Gasteiger partial charge is 0.130 e. The van der Waals surface area contributed by atoms with Crippen LogP contribution < -0.4 is 5.32 Å². The lowest BCUT2D eigenvalue weighted by molar-refractivity contribution is 0.181. The Hall–Kier alpha value is -0.450. The Bertz CT molecular complexity index is 382. The Labute approximate surface area is 116 Å². The fraction of sp³-hybridized carbons (Fsp3) is 0.571. The normalized spacial score (nSPS) is 20.1. The monoisotopic (exact) mass is 315 g/mol. The van der Waals surface area contributed by atoms with E-state index >= 15 is 0 Å². The summed E-state index contributed by atoms with van der Waals surface area (Å²) >= 11 is 3.42. The average molecular weight is 316 g/mol. The van der Waals surface area contributed by atoms with E-state index < -0.39 is 0 Å². The third-order valence-corrected chi connectivity index (χ3v) is 4.09. The van der Waals surface area contributed by atoms with Crippen LogP contribution in [0.1, 0.15) is 30.4 Å². The number of rotatable bonds is 4. The first-order chi connectivity index (χ1) is 8.70. The third kappa shape index (κ3) is 3.53. The highest BCUT2D eigenvalue weighted by Gasteiger charge is 2.15. The van der Waals surface area contributed by atoms with Crippen molar-refractivity contribution < 1.29 is 9.13 Å². The number of benzene rings is 1. The van der Waals surface area contributed by atoms with Crippen molar-refractivity contribution in [2.45, 2.75) is 38.3 Å². The van der Waals surface area contributed by atoms with Gasteiger partial charge in [0.2, 0.25) is 0 Å². The summed E-state index contributed by atoms with van der Waals surface area (Å²) in [7, 11) is 1.58. The molecule has 18 heavy (non-hydrogen) atoms. The van der Waals surface area contributed by atoms with E-state index in [0.717, 1.165) is 23.0 Å². The maximum absolute atomic E-state index is 13.9. The van der Waals surface area contributed by atoms with Crippen molar-refractivity contribution in [2.24, 2.45) is 0 Å². The minimum atomic E-state index is -0.183. The summed E-state index contributed by atoms with van der Waals surface area (Å²) in [6, 6.07) is 4.13. The zero-order valence-electron chi connectivity index (χ0n) is 10.6. The maximum atomic E-state index is 13.9. The molecule has 2 nitrogen and oxygen atoms in total. The lowest BCUT2D eigenvalue weighted by Crippen LogP contribution is -2.35. The molecule has 4 heteroatoms.